The van der Waals surface area contributed by atoms with Crippen LogP contribution in [0.4, 0.5) is 22.0 Å². The van der Waals surface area contributed by atoms with Crippen molar-refractivity contribution >= 4 is 5.97 Å². The lowest BCUT2D eigenvalue weighted by atomic mass is 10.2. The van der Waals surface area contributed by atoms with Crippen LogP contribution in [0, 0.1) is 18.6 Å². The monoisotopic (exact) mass is 284 g/mol. The molecule has 0 spiro atoms. The van der Waals surface area contributed by atoms with Crippen molar-refractivity contribution in [3.8, 4) is 5.75 Å². The molecule has 0 saturated carbocycles. The van der Waals surface area contributed by atoms with Crippen molar-refractivity contribution in [1.82, 2.24) is 0 Å². The molecule has 3 nitrogen and oxygen atoms in total. The maximum Gasteiger partial charge on any atom is 0.426 e. The third-order valence-electron chi connectivity index (χ3n) is 2.21. The lowest BCUT2D eigenvalue weighted by molar-refractivity contribution is -0.200. The smallest absolute Gasteiger partial charge is 0.426 e. The molecule has 1 unspecified atom stereocenters. The Morgan fingerprint density at radius 3 is 2.32 bits per heavy atom. The van der Waals surface area contributed by atoms with Crippen molar-refractivity contribution in [2.24, 2.45) is 0 Å². The maximum absolute atomic E-state index is 12.9. The van der Waals surface area contributed by atoms with E-state index >= 15 is 0 Å². The van der Waals surface area contributed by atoms with Gasteiger partial charge in [-0.05, 0) is 18.6 Å². The summed E-state index contributed by atoms with van der Waals surface area (Å²) in [6.45, 7) is 1.21. The number of carboxylic acid groups (broad SMARTS) is 1. The number of ether oxygens (including phenoxy) is 1. The van der Waals surface area contributed by atoms with E-state index in [1.165, 1.54) is 6.92 Å². The highest BCUT2D eigenvalue weighted by molar-refractivity contribution is 5.67. The molecule has 0 aliphatic carbocycles. The van der Waals surface area contributed by atoms with Gasteiger partial charge in [-0.25, -0.2) is 8.78 Å². The maximum atomic E-state index is 12.9. The van der Waals surface area contributed by atoms with Crippen LogP contribution in [0.1, 0.15) is 12.0 Å². The minimum absolute atomic E-state index is 0.0708. The molecule has 0 bridgehead atoms. The second-order valence-corrected chi connectivity index (χ2v) is 3.78. The van der Waals surface area contributed by atoms with Gasteiger partial charge in [-0.15, -0.1) is 0 Å². The van der Waals surface area contributed by atoms with Gasteiger partial charge in [0, 0.05) is 6.07 Å². The molecular formula is C11H9F5O3. The van der Waals surface area contributed by atoms with E-state index in [-0.39, 0.29) is 5.56 Å². The van der Waals surface area contributed by atoms with Gasteiger partial charge in [0.2, 0.25) is 6.10 Å². The van der Waals surface area contributed by atoms with Crippen LogP contribution >= 0.6 is 0 Å². The highest BCUT2D eigenvalue weighted by atomic mass is 19.4. The molecular weight excluding hydrogens is 275 g/mol. The Morgan fingerprint density at radius 1 is 1.32 bits per heavy atom. The van der Waals surface area contributed by atoms with Crippen molar-refractivity contribution < 1.29 is 36.6 Å². The first-order valence-electron chi connectivity index (χ1n) is 5.02. The fourth-order valence-electron chi connectivity index (χ4n) is 1.29. The Balaban J connectivity index is 3.03. The minimum atomic E-state index is -4.93. The summed E-state index contributed by atoms with van der Waals surface area (Å²) in [7, 11) is 0. The van der Waals surface area contributed by atoms with E-state index in [2.05, 4.69) is 4.74 Å². The van der Waals surface area contributed by atoms with E-state index in [0.29, 0.717) is 12.1 Å². The second kappa shape index (κ2) is 5.41. The predicted octanol–water partition coefficient (Wildman–Crippen LogP) is 3.06. The van der Waals surface area contributed by atoms with Gasteiger partial charge in [0.15, 0.2) is 11.6 Å². The van der Waals surface area contributed by atoms with Gasteiger partial charge in [0.05, 0.1) is 6.42 Å². The molecule has 8 heteroatoms. The number of aryl methyl sites for hydroxylation is 1. The average Bonchev–Trinajstić information content (AvgIpc) is 2.22. The Hall–Kier alpha value is -1.86. The summed E-state index contributed by atoms with van der Waals surface area (Å²) in [5.74, 6) is -4.88. The Labute approximate surface area is 104 Å². The van der Waals surface area contributed by atoms with Crippen molar-refractivity contribution in [2.75, 3.05) is 0 Å². The van der Waals surface area contributed by atoms with Crippen LogP contribution in [-0.4, -0.2) is 23.4 Å². The molecule has 0 aliphatic rings. The Morgan fingerprint density at radius 2 is 1.84 bits per heavy atom. The van der Waals surface area contributed by atoms with Gasteiger partial charge < -0.3 is 9.84 Å². The average molecular weight is 284 g/mol. The highest BCUT2D eigenvalue weighted by Crippen LogP contribution is 2.30. The molecule has 0 saturated heterocycles. The highest BCUT2D eigenvalue weighted by Gasteiger charge is 2.43. The first kappa shape index (κ1) is 15.2. The van der Waals surface area contributed by atoms with E-state index < -0.39 is 42.1 Å². The summed E-state index contributed by atoms with van der Waals surface area (Å²) in [4.78, 5) is 10.3. The number of rotatable bonds is 4. The molecule has 1 rings (SSSR count). The van der Waals surface area contributed by atoms with Crippen LogP contribution in [-0.2, 0) is 4.79 Å². The summed E-state index contributed by atoms with van der Waals surface area (Å²) < 4.78 is 67.7. The fourth-order valence-corrected chi connectivity index (χ4v) is 1.29. The third kappa shape index (κ3) is 4.08. The minimum Gasteiger partial charge on any atom is -0.481 e. The van der Waals surface area contributed by atoms with Crippen LogP contribution < -0.4 is 4.74 Å². The van der Waals surface area contributed by atoms with Crippen LogP contribution in [0.2, 0.25) is 0 Å². The van der Waals surface area contributed by atoms with Crippen LogP contribution in [0.15, 0.2) is 12.1 Å². The third-order valence-corrected chi connectivity index (χ3v) is 2.21. The summed E-state index contributed by atoms with van der Waals surface area (Å²) in [5, 5.41) is 8.38. The normalized spacial score (nSPS) is 13.2. The van der Waals surface area contributed by atoms with E-state index in [9.17, 15) is 26.7 Å². The largest absolute Gasteiger partial charge is 0.481 e. The van der Waals surface area contributed by atoms with Gasteiger partial charge in [-0.1, -0.05) is 0 Å². The zero-order valence-corrected chi connectivity index (χ0v) is 9.59. The summed E-state index contributed by atoms with van der Waals surface area (Å²) in [6, 6.07) is 1.12. The summed E-state index contributed by atoms with van der Waals surface area (Å²) >= 11 is 0. The molecule has 0 aliphatic heterocycles. The number of carboxylic acids is 1. The molecule has 1 aromatic rings. The molecule has 1 atom stereocenters. The van der Waals surface area contributed by atoms with Crippen molar-refractivity contribution in [1.29, 1.82) is 0 Å². The molecule has 0 fully saturated rings. The van der Waals surface area contributed by atoms with Crippen LogP contribution in [0.3, 0.4) is 0 Å². The zero-order valence-electron chi connectivity index (χ0n) is 9.59. The molecule has 0 amide bonds. The second-order valence-electron chi connectivity index (χ2n) is 3.78. The lowest BCUT2D eigenvalue weighted by Crippen LogP contribution is -2.36. The molecule has 0 aromatic heterocycles. The van der Waals surface area contributed by atoms with Crippen molar-refractivity contribution in [3.63, 3.8) is 0 Å². The lowest BCUT2D eigenvalue weighted by Gasteiger charge is -2.21. The SMILES string of the molecule is Cc1cc(F)c(F)cc1OC(CC(=O)O)C(F)(F)F. The van der Waals surface area contributed by atoms with Gasteiger partial charge in [0.1, 0.15) is 5.75 Å². The molecule has 1 aromatic carbocycles. The fraction of sp³-hybridized carbons (Fsp3) is 0.364. The van der Waals surface area contributed by atoms with Gasteiger partial charge in [-0.2, -0.15) is 13.2 Å². The van der Waals surface area contributed by atoms with E-state index in [1.54, 1.807) is 0 Å². The molecule has 106 valence electrons. The van der Waals surface area contributed by atoms with Crippen LogP contribution in [0.25, 0.3) is 0 Å². The molecule has 19 heavy (non-hydrogen) atoms. The first-order valence-corrected chi connectivity index (χ1v) is 5.02. The number of benzene rings is 1. The van der Waals surface area contributed by atoms with E-state index in [4.69, 9.17) is 5.11 Å². The Kier molecular flexibility index (Phi) is 4.33. The van der Waals surface area contributed by atoms with Crippen molar-refractivity contribution in [3.05, 3.63) is 29.3 Å². The number of aliphatic carboxylic acids is 1. The summed E-state index contributed by atoms with van der Waals surface area (Å²) in [5.41, 5.74) is -0.0708. The molecule has 0 radical (unpaired) electrons. The van der Waals surface area contributed by atoms with E-state index in [0.717, 1.165) is 0 Å². The number of carbonyl (C=O) groups is 1. The molecule has 0 heterocycles. The number of hydrogen-bond acceptors (Lipinski definition) is 2. The number of alkyl halides is 3. The van der Waals surface area contributed by atoms with Crippen LogP contribution in [0.5, 0.6) is 5.75 Å². The zero-order chi connectivity index (χ0) is 14.8. The number of hydrogen-bond donors (Lipinski definition) is 1. The number of halogens is 5. The predicted molar refractivity (Wildman–Crippen MR) is 53.8 cm³/mol. The van der Waals surface area contributed by atoms with Crippen molar-refractivity contribution in [2.45, 2.75) is 25.6 Å². The summed E-state index contributed by atoms with van der Waals surface area (Å²) in [6.07, 6.45) is -8.90. The van der Waals surface area contributed by atoms with E-state index in [1.807, 2.05) is 0 Å². The quantitative estimate of drug-likeness (QED) is 0.864. The topological polar surface area (TPSA) is 46.5 Å². The van der Waals surface area contributed by atoms with Gasteiger partial charge in [0.25, 0.3) is 0 Å². The standard InChI is InChI=1S/C11H9F5O3/c1-5-2-6(12)7(13)3-8(5)19-9(4-10(17)18)11(14,15)16/h2-3,9H,4H2,1H3,(H,17,18). The first-order chi connectivity index (χ1) is 8.61. The van der Waals surface area contributed by atoms with Gasteiger partial charge in [-0.3, -0.25) is 4.79 Å². The van der Waals surface area contributed by atoms with Gasteiger partial charge >= 0.3 is 12.1 Å². The Bertz CT molecular complexity index is 484. The molecule has 1 N–H and O–H groups in total.